The van der Waals surface area contributed by atoms with Crippen LogP contribution in [0.2, 0.25) is 5.02 Å². The SMILES string of the molecule is Clc1cc(Br)cnc1N1CCCc2ccccc2C1. The number of rotatable bonds is 1. The van der Waals surface area contributed by atoms with Crippen LogP contribution in [0.25, 0.3) is 0 Å². The number of halogens is 2. The molecule has 0 N–H and O–H groups in total. The van der Waals surface area contributed by atoms with Gasteiger partial charge in [-0.2, -0.15) is 0 Å². The monoisotopic (exact) mass is 336 g/mol. The largest absolute Gasteiger partial charge is 0.351 e. The number of aryl methyl sites for hydroxylation is 1. The molecule has 0 radical (unpaired) electrons. The summed E-state index contributed by atoms with van der Waals surface area (Å²) in [4.78, 5) is 6.73. The molecule has 1 aromatic carbocycles. The van der Waals surface area contributed by atoms with Crippen molar-refractivity contribution >= 4 is 33.3 Å². The molecule has 0 bridgehead atoms. The van der Waals surface area contributed by atoms with Crippen LogP contribution in [0.5, 0.6) is 0 Å². The zero-order valence-electron chi connectivity index (χ0n) is 10.4. The topological polar surface area (TPSA) is 16.1 Å². The van der Waals surface area contributed by atoms with Gasteiger partial charge in [-0.3, -0.25) is 0 Å². The van der Waals surface area contributed by atoms with Gasteiger partial charge in [0.15, 0.2) is 0 Å². The lowest BCUT2D eigenvalue weighted by molar-refractivity contribution is 0.754. The number of fused-ring (bicyclic) bond motifs is 1. The first kappa shape index (κ1) is 12.9. The minimum absolute atomic E-state index is 0.703. The van der Waals surface area contributed by atoms with Gasteiger partial charge in [0, 0.05) is 23.8 Å². The average molecular weight is 338 g/mol. The maximum atomic E-state index is 6.31. The van der Waals surface area contributed by atoms with E-state index in [1.165, 1.54) is 11.1 Å². The van der Waals surface area contributed by atoms with Crippen molar-refractivity contribution in [3.63, 3.8) is 0 Å². The van der Waals surface area contributed by atoms with Gasteiger partial charge in [0.05, 0.1) is 5.02 Å². The molecule has 0 saturated heterocycles. The number of anilines is 1. The van der Waals surface area contributed by atoms with E-state index >= 15 is 0 Å². The third-order valence-electron chi connectivity index (χ3n) is 3.44. The highest BCUT2D eigenvalue weighted by atomic mass is 79.9. The average Bonchev–Trinajstić information content (AvgIpc) is 2.60. The Balaban J connectivity index is 1.94. The van der Waals surface area contributed by atoms with Crippen molar-refractivity contribution in [3.8, 4) is 0 Å². The molecule has 0 saturated carbocycles. The van der Waals surface area contributed by atoms with Crippen LogP contribution in [0.1, 0.15) is 17.5 Å². The van der Waals surface area contributed by atoms with E-state index in [0.717, 1.165) is 36.2 Å². The molecule has 0 fully saturated rings. The van der Waals surface area contributed by atoms with E-state index in [1.807, 2.05) is 6.07 Å². The molecule has 4 heteroatoms. The third-order valence-corrected chi connectivity index (χ3v) is 4.15. The minimum atomic E-state index is 0.703. The summed E-state index contributed by atoms with van der Waals surface area (Å²) in [6.45, 7) is 1.87. The molecule has 19 heavy (non-hydrogen) atoms. The molecule has 1 aromatic heterocycles. The van der Waals surface area contributed by atoms with E-state index in [9.17, 15) is 0 Å². The Morgan fingerprint density at radius 1 is 1.21 bits per heavy atom. The summed E-state index contributed by atoms with van der Waals surface area (Å²) in [6.07, 6.45) is 4.06. The van der Waals surface area contributed by atoms with Gasteiger partial charge in [-0.25, -0.2) is 4.98 Å². The second-order valence-corrected chi connectivity index (χ2v) is 6.08. The van der Waals surface area contributed by atoms with Crippen molar-refractivity contribution in [1.29, 1.82) is 0 Å². The van der Waals surface area contributed by atoms with Gasteiger partial charge in [0.25, 0.3) is 0 Å². The lowest BCUT2D eigenvalue weighted by atomic mass is 10.0. The summed E-state index contributed by atoms with van der Waals surface area (Å²) >= 11 is 9.71. The second kappa shape index (κ2) is 5.51. The maximum absolute atomic E-state index is 6.31. The minimum Gasteiger partial charge on any atom is -0.351 e. The lowest BCUT2D eigenvalue weighted by Crippen LogP contribution is -2.23. The first-order chi connectivity index (χ1) is 9.24. The fourth-order valence-electron chi connectivity index (χ4n) is 2.52. The summed E-state index contributed by atoms with van der Waals surface area (Å²) in [5, 5.41) is 0.703. The van der Waals surface area contributed by atoms with Crippen LogP contribution in [0.3, 0.4) is 0 Å². The summed E-state index contributed by atoms with van der Waals surface area (Å²) in [5.41, 5.74) is 2.82. The van der Waals surface area contributed by atoms with Gasteiger partial charge in [0.1, 0.15) is 5.82 Å². The Bertz CT molecular complexity index is 600. The molecule has 2 aromatic rings. The van der Waals surface area contributed by atoms with Crippen molar-refractivity contribution in [2.24, 2.45) is 0 Å². The van der Waals surface area contributed by atoms with Crippen LogP contribution in [-0.4, -0.2) is 11.5 Å². The lowest BCUT2D eigenvalue weighted by Gasteiger charge is -2.23. The van der Waals surface area contributed by atoms with Crippen LogP contribution in [0.4, 0.5) is 5.82 Å². The highest BCUT2D eigenvalue weighted by molar-refractivity contribution is 9.10. The number of hydrogen-bond acceptors (Lipinski definition) is 2. The fraction of sp³-hybridized carbons (Fsp3) is 0.267. The van der Waals surface area contributed by atoms with Crippen LogP contribution in [-0.2, 0) is 13.0 Å². The summed E-state index contributed by atoms with van der Waals surface area (Å²) in [5.74, 6) is 0.876. The summed E-state index contributed by atoms with van der Waals surface area (Å²) < 4.78 is 0.913. The van der Waals surface area contributed by atoms with E-state index < -0.39 is 0 Å². The molecular formula is C15H14BrClN2. The third kappa shape index (κ3) is 2.77. The van der Waals surface area contributed by atoms with Crippen molar-refractivity contribution in [2.45, 2.75) is 19.4 Å². The number of aromatic nitrogens is 1. The first-order valence-corrected chi connectivity index (χ1v) is 7.54. The molecule has 3 rings (SSSR count). The van der Waals surface area contributed by atoms with Crippen molar-refractivity contribution < 1.29 is 0 Å². The maximum Gasteiger partial charge on any atom is 0.147 e. The molecule has 1 aliphatic rings. The quantitative estimate of drug-likeness (QED) is 0.764. The zero-order valence-corrected chi connectivity index (χ0v) is 12.8. The molecule has 0 spiro atoms. The zero-order chi connectivity index (χ0) is 13.2. The molecule has 2 heterocycles. The van der Waals surface area contributed by atoms with Crippen LogP contribution < -0.4 is 4.90 Å². The molecule has 98 valence electrons. The molecule has 0 atom stereocenters. The second-order valence-electron chi connectivity index (χ2n) is 4.75. The standard InChI is InChI=1S/C15H14BrClN2/c16-13-8-14(17)15(18-9-13)19-7-3-6-11-4-1-2-5-12(11)10-19/h1-2,4-5,8-9H,3,6-7,10H2. The predicted molar refractivity (Wildman–Crippen MR) is 82.8 cm³/mol. The smallest absolute Gasteiger partial charge is 0.147 e. The summed E-state index contributed by atoms with van der Waals surface area (Å²) in [6, 6.07) is 10.5. The van der Waals surface area contributed by atoms with E-state index in [4.69, 9.17) is 11.6 Å². The van der Waals surface area contributed by atoms with E-state index in [-0.39, 0.29) is 0 Å². The first-order valence-electron chi connectivity index (χ1n) is 6.37. The van der Waals surface area contributed by atoms with Gasteiger partial charge in [-0.1, -0.05) is 35.9 Å². The van der Waals surface area contributed by atoms with Gasteiger partial charge in [-0.15, -0.1) is 0 Å². The number of pyridine rings is 1. The highest BCUT2D eigenvalue weighted by Gasteiger charge is 2.17. The predicted octanol–water partition coefficient (Wildman–Crippen LogP) is 4.45. The molecule has 0 aliphatic carbocycles. The summed E-state index contributed by atoms with van der Waals surface area (Å²) in [7, 11) is 0. The van der Waals surface area contributed by atoms with Crippen LogP contribution >= 0.6 is 27.5 Å². The van der Waals surface area contributed by atoms with E-state index in [0.29, 0.717) is 5.02 Å². The fourth-order valence-corrected chi connectivity index (χ4v) is 3.27. The Hall–Kier alpha value is -1.06. The van der Waals surface area contributed by atoms with Gasteiger partial charge >= 0.3 is 0 Å². The van der Waals surface area contributed by atoms with Crippen molar-refractivity contribution in [1.82, 2.24) is 4.98 Å². The normalized spacial score (nSPS) is 14.9. The Labute approximate surface area is 126 Å². The van der Waals surface area contributed by atoms with E-state index in [1.54, 1.807) is 6.20 Å². The van der Waals surface area contributed by atoms with E-state index in [2.05, 4.69) is 50.1 Å². The Morgan fingerprint density at radius 2 is 2.00 bits per heavy atom. The molecular weight excluding hydrogens is 324 g/mol. The van der Waals surface area contributed by atoms with Crippen LogP contribution in [0, 0.1) is 0 Å². The molecule has 2 nitrogen and oxygen atoms in total. The molecule has 0 unspecified atom stereocenters. The van der Waals surface area contributed by atoms with Gasteiger partial charge in [-0.05, 0) is 46.0 Å². The Morgan fingerprint density at radius 3 is 2.79 bits per heavy atom. The Kier molecular flexibility index (Phi) is 3.76. The molecule has 0 amide bonds. The number of nitrogens with zero attached hydrogens (tertiary/aromatic N) is 2. The van der Waals surface area contributed by atoms with Crippen molar-refractivity contribution in [2.75, 3.05) is 11.4 Å². The van der Waals surface area contributed by atoms with Gasteiger partial charge < -0.3 is 4.90 Å². The number of benzene rings is 1. The molecule has 1 aliphatic heterocycles. The highest BCUT2D eigenvalue weighted by Crippen LogP contribution is 2.29. The van der Waals surface area contributed by atoms with Crippen LogP contribution in [0.15, 0.2) is 41.0 Å². The van der Waals surface area contributed by atoms with Crippen molar-refractivity contribution in [3.05, 3.63) is 57.2 Å². The van der Waals surface area contributed by atoms with Gasteiger partial charge in [0.2, 0.25) is 0 Å². The number of hydrogen-bond donors (Lipinski definition) is 0.